The summed E-state index contributed by atoms with van der Waals surface area (Å²) in [5.74, 6) is -0.716. The number of hydrazine groups is 1. The molecule has 1 atom stereocenters. The fourth-order valence-electron chi connectivity index (χ4n) is 5.18. The monoisotopic (exact) mass is 864 g/mol. The van der Waals surface area contributed by atoms with Gasteiger partial charge in [-0.3, -0.25) is 14.6 Å². The number of nitrogens with zero attached hydrogens (tertiary/aromatic N) is 1. The van der Waals surface area contributed by atoms with Crippen LogP contribution in [0.4, 0.5) is 0 Å². The van der Waals surface area contributed by atoms with Gasteiger partial charge in [-0.15, -0.1) is 0 Å². The molecule has 0 aliphatic heterocycles. The smallest absolute Gasteiger partial charge is 0.302 e. The van der Waals surface area contributed by atoms with E-state index in [1.165, 1.54) is 5.01 Å². The predicted octanol–water partition coefficient (Wildman–Crippen LogP) is 11.0. The van der Waals surface area contributed by atoms with Crippen molar-refractivity contribution in [3.8, 4) is 0 Å². The summed E-state index contributed by atoms with van der Waals surface area (Å²) in [5.41, 5.74) is 2.93. The van der Waals surface area contributed by atoms with Crippen LogP contribution in [0.15, 0.2) is 72.9 Å². The SMILES string of the molecule is CCC=CCC=CCC=CCCCCCCCC(=O)C(CSOP(=O)(O)O)NN(CCSOP(=O)(O)O)C(=O)CCCCCCCC=CCC=CCC=CCC. The van der Waals surface area contributed by atoms with Crippen molar-refractivity contribution in [2.24, 2.45) is 0 Å². The van der Waals surface area contributed by atoms with Crippen LogP contribution in [0, 0.1) is 0 Å². The van der Waals surface area contributed by atoms with Gasteiger partial charge in [-0.2, -0.15) is 0 Å². The average Bonchev–Trinajstić information content (AvgIpc) is 3.14. The van der Waals surface area contributed by atoms with Gasteiger partial charge in [0.1, 0.15) is 0 Å². The van der Waals surface area contributed by atoms with E-state index in [1.54, 1.807) is 0 Å². The second-order valence-corrected chi connectivity index (χ2v) is 17.5. The first-order chi connectivity index (χ1) is 26.9. The third-order valence-electron chi connectivity index (χ3n) is 8.05. The molecule has 1 amide bonds. The van der Waals surface area contributed by atoms with Gasteiger partial charge in [0, 0.05) is 55.0 Å². The molecule has 0 aliphatic rings. The van der Waals surface area contributed by atoms with Crippen LogP contribution in [0.25, 0.3) is 0 Å². The van der Waals surface area contributed by atoms with Crippen LogP contribution in [0.2, 0.25) is 0 Å². The number of amides is 1. The minimum absolute atomic E-state index is 0.00136. The number of carbonyl (C=O) groups excluding carboxylic acids is 2. The van der Waals surface area contributed by atoms with Crippen LogP contribution in [0.1, 0.15) is 142 Å². The van der Waals surface area contributed by atoms with E-state index < -0.39 is 21.7 Å². The molecule has 0 saturated carbocycles. The largest absolute Gasteiger partial charge is 0.480 e. The van der Waals surface area contributed by atoms with Crippen molar-refractivity contribution in [3.05, 3.63) is 72.9 Å². The van der Waals surface area contributed by atoms with Crippen molar-refractivity contribution in [1.29, 1.82) is 0 Å². The first kappa shape index (κ1) is 54.5. The first-order valence-electron chi connectivity index (χ1n) is 20.1. The fraction of sp³-hybridized carbons (Fsp3) is 0.650. The van der Waals surface area contributed by atoms with Crippen molar-refractivity contribution in [2.75, 3.05) is 18.1 Å². The molecule has 56 heavy (non-hydrogen) atoms. The molecule has 0 spiro atoms. The molecule has 0 radical (unpaired) electrons. The molecular weight excluding hydrogens is 795 g/mol. The number of hydrogen-bond acceptors (Lipinski definition) is 9. The van der Waals surface area contributed by atoms with Gasteiger partial charge in [-0.05, 0) is 77.0 Å². The minimum atomic E-state index is -4.81. The summed E-state index contributed by atoms with van der Waals surface area (Å²) in [4.78, 5) is 63.1. The molecule has 12 nitrogen and oxygen atoms in total. The van der Waals surface area contributed by atoms with Crippen LogP contribution in [0.5, 0.6) is 0 Å². The number of nitrogens with one attached hydrogen (secondary N) is 1. The Morgan fingerprint density at radius 2 is 1.00 bits per heavy atom. The van der Waals surface area contributed by atoms with Gasteiger partial charge in [0.25, 0.3) is 0 Å². The molecule has 16 heteroatoms. The summed E-state index contributed by atoms with van der Waals surface area (Å²) >= 11 is 0.952. The number of ketones is 1. The molecule has 0 aliphatic carbocycles. The maximum atomic E-state index is 13.3. The summed E-state index contributed by atoms with van der Waals surface area (Å²) < 4.78 is 31.4. The molecule has 0 aromatic heterocycles. The van der Waals surface area contributed by atoms with Crippen LogP contribution in [0.3, 0.4) is 0 Å². The minimum Gasteiger partial charge on any atom is -0.302 e. The Morgan fingerprint density at radius 3 is 1.48 bits per heavy atom. The van der Waals surface area contributed by atoms with Crippen molar-refractivity contribution >= 4 is 51.4 Å². The average molecular weight is 865 g/mol. The Kier molecular flexibility index (Phi) is 36.7. The molecule has 0 aromatic rings. The van der Waals surface area contributed by atoms with Crippen LogP contribution in [-0.4, -0.2) is 60.4 Å². The quantitative estimate of drug-likeness (QED) is 0.0130. The summed E-state index contributed by atoms with van der Waals surface area (Å²) in [7, 11) is -9.54. The van der Waals surface area contributed by atoms with Gasteiger partial charge in [0.2, 0.25) is 5.91 Å². The maximum Gasteiger partial charge on any atom is 0.480 e. The lowest BCUT2D eigenvalue weighted by atomic mass is 10.0. The zero-order chi connectivity index (χ0) is 41.6. The number of rotatable bonds is 38. The number of allylic oxidation sites excluding steroid dienone is 12. The second kappa shape index (κ2) is 37.7. The van der Waals surface area contributed by atoms with E-state index in [4.69, 9.17) is 19.6 Å². The van der Waals surface area contributed by atoms with Crippen molar-refractivity contribution < 1.29 is 46.2 Å². The lowest BCUT2D eigenvalue weighted by Gasteiger charge is -2.28. The van der Waals surface area contributed by atoms with Crippen LogP contribution >= 0.6 is 39.7 Å². The third kappa shape index (κ3) is 39.3. The molecule has 0 aromatic carbocycles. The Morgan fingerprint density at radius 1 is 0.589 bits per heavy atom. The number of unbranched alkanes of at least 4 members (excludes halogenated alkanes) is 10. The van der Waals surface area contributed by atoms with Gasteiger partial charge in [-0.1, -0.05) is 125 Å². The van der Waals surface area contributed by atoms with Crippen LogP contribution in [-0.2, 0) is 26.7 Å². The number of Topliss-reactive ketones (excluding diaryl/α,β-unsaturated/α-hetero) is 1. The van der Waals surface area contributed by atoms with Crippen molar-refractivity contribution in [1.82, 2.24) is 10.4 Å². The molecule has 0 saturated heterocycles. The van der Waals surface area contributed by atoms with E-state index in [0.717, 1.165) is 103 Å². The summed E-state index contributed by atoms with van der Waals surface area (Å²) in [6.07, 6.45) is 43.4. The van der Waals surface area contributed by atoms with Gasteiger partial charge >= 0.3 is 15.6 Å². The molecule has 0 rings (SSSR count). The van der Waals surface area contributed by atoms with E-state index in [-0.39, 0.29) is 42.6 Å². The molecule has 322 valence electrons. The lowest BCUT2D eigenvalue weighted by Crippen LogP contribution is -2.53. The lowest BCUT2D eigenvalue weighted by molar-refractivity contribution is -0.136. The highest BCUT2D eigenvalue weighted by molar-refractivity contribution is 7.98. The Labute approximate surface area is 346 Å². The standard InChI is InChI=1S/C40H70N2O10P2S2/c1-3-5-7-9-11-13-15-17-19-21-23-25-27-29-31-33-39(43)38(37-56-52-54(48,49)50)41-42(35-36-55-51-53(45,46)47)40(44)34-32-30-28-26-24-22-20-18-16-14-12-10-8-6-4-2/h5-8,11-14,17-20,38,41H,3-4,9-10,15-16,21-37H2,1-2H3,(H2,45,46,47)(H2,48,49,50). The Balaban J connectivity index is 4.93. The maximum absolute atomic E-state index is 13.3. The fourth-order valence-corrected chi connectivity index (χ4v) is 7.47. The molecule has 1 unspecified atom stereocenters. The predicted molar refractivity (Wildman–Crippen MR) is 233 cm³/mol. The highest BCUT2D eigenvalue weighted by Gasteiger charge is 2.26. The molecular formula is C40H70N2O10P2S2. The highest BCUT2D eigenvalue weighted by atomic mass is 32.2. The van der Waals surface area contributed by atoms with Crippen molar-refractivity contribution in [3.63, 3.8) is 0 Å². The van der Waals surface area contributed by atoms with E-state index in [2.05, 4.69) is 100 Å². The van der Waals surface area contributed by atoms with E-state index in [1.807, 2.05) is 0 Å². The zero-order valence-electron chi connectivity index (χ0n) is 33.7. The van der Waals surface area contributed by atoms with Gasteiger partial charge in [-0.25, -0.2) is 22.5 Å². The normalized spacial score (nSPS) is 13.5. The third-order valence-corrected chi connectivity index (χ3v) is 11.3. The summed E-state index contributed by atoms with van der Waals surface area (Å²) in [6, 6.07) is -0.994. The second-order valence-electron chi connectivity index (χ2n) is 13.1. The molecule has 0 bridgehead atoms. The van der Waals surface area contributed by atoms with E-state index in [9.17, 15) is 18.7 Å². The van der Waals surface area contributed by atoms with Gasteiger partial charge in [0.15, 0.2) is 5.78 Å². The summed E-state index contributed by atoms with van der Waals surface area (Å²) in [6.45, 7) is 4.21. The van der Waals surface area contributed by atoms with E-state index >= 15 is 0 Å². The van der Waals surface area contributed by atoms with Gasteiger partial charge < -0.3 is 19.6 Å². The zero-order valence-corrected chi connectivity index (χ0v) is 37.1. The highest BCUT2D eigenvalue weighted by Crippen LogP contribution is 2.41. The number of hydrogen-bond donors (Lipinski definition) is 5. The number of carbonyl (C=O) groups is 2. The molecule has 0 heterocycles. The molecule has 0 fully saturated rings. The van der Waals surface area contributed by atoms with Crippen molar-refractivity contribution in [2.45, 2.75) is 148 Å². The number of phosphoric acid groups is 2. The Bertz CT molecular complexity index is 1280. The first-order valence-corrected chi connectivity index (χ1v) is 25.0. The van der Waals surface area contributed by atoms with Crippen LogP contribution < -0.4 is 5.43 Å². The van der Waals surface area contributed by atoms with Gasteiger partial charge in [0.05, 0.1) is 6.04 Å². The molecule has 5 N–H and O–H groups in total. The topological polar surface area (TPSA) is 183 Å². The summed E-state index contributed by atoms with van der Waals surface area (Å²) in [5, 5.41) is 1.24. The Hall–Kier alpha value is -1.54. The van der Waals surface area contributed by atoms with E-state index in [0.29, 0.717) is 36.9 Å².